The maximum Gasteiger partial charge on any atom is 0.282 e. The molecule has 0 spiro atoms. The second kappa shape index (κ2) is 9.28. The lowest BCUT2D eigenvalue weighted by Crippen LogP contribution is -2.54. The average Bonchev–Trinajstić information content (AvgIpc) is 2.97. The van der Waals surface area contributed by atoms with Crippen molar-refractivity contribution in [2.24, 2.45) is 0 Å². The molecule has 8 nitrogen and oxygen atoms in total. The fraction of sp³-hybridized carbons (Fsp3) is 0.524. The van der Waals surface area contributed by atoms with Crippen LogP contribution >= 0.6 is 11.6 Å². The molecule has 1 amide bonds. The number of carbonyl (C=O) groups is 1. The summed E-state index contributed by atoms with van der Waals surface area (Å²) in [5, 5.41) is 4.55. The lowest BCUT2D eigenvalue weighted by Gasteiger charge is -2.36. The van der Waals surface area contributed by atoms with Gasteiger partial charge in [-0.15, -0.1) is 0 Å². The number of benzene rings is 1. The summed E-state index contributed by atoms with van der Waals surface area (Å²) in [7, 11) is -3.50. The zero-order chi connectivity index (χ0) is 22.0. The summed E-state index contributed by atoms with van der Waals surface area (Å²) in [6.45, 7) is 4.02. The monoisotopic (exact) mass is 466 g/mol. The fourth-order valence-corrected chi connectivity index (χ4v) is 6.07. The number of halogens is 1. The van der Waals surface area contributed by atoms with Gasteiger partial charge in [-0.1, -0.05) is 47.8 Å². The lowest BCUT2D eigenvalue weighted by molar-refractivity contribution is 0.0693. The Morgan fingerprint density at radius 2 is 1.58 bits per heavy atom. The molecular weight excluding hydrogens is 440 g/mol. The van der Waals surface area contributed by atoms with Gasteiger partial charge in [-0.3, -0.25) is 4.79 Å². The maximum absolute atomic E-state index is 13.3. The van der Waals surface area contributed by atoms with E-state index in [0.717, 1.165) is 25.7 Å². The van der Waals surface area contributed by atoms with Gasteiger partial charge in [0.15, 0.2) is 0 Å². The molecule has 0 bridgehead atoms. The van der Waals surface area contributed by atoms with Crippen molar-refractivity contribution < 1.29 is 17.7 Å². The van der Waals surface area contributed by atoms with E-state index in [1.165, 1.54) is 4.31 Å². The molecule has 0 aliphatic carbocycles. The molecule has 0 N–H and O–H groups in total. The minimum absolute atomic E-state index is 0.222. The predicted molar refractivity (Wildman–Crippen MR) is 118 cm³/mol. The zero-order valence-electron chi connectivity index (χ0n) is 17.6. The molecule has 2 fully saturated rings. The van der Waals surface area contributed by atoms with Crippen molar-refractivity contribution in [2.75, 3.05) is 39.3 Å². The van der Waals surface area contributed by atoms with Gasteiger partial charge in [0.25, 0.3) is 16.1 Å². The summed E-state index contributed by atoms with van der Waals surface area (Å²) in [6, 6.07) is 7.17. The maximum atomic E-state index is 13.3. The van der Waals surface area contributed by atoms with Crippen molar-refractivity contribution in [3.8, 4) is 11.3 Å². The summed E-state index contributed by atoms with van der Waals surface area (Å²) < 4.78 is 34.5. The van der Waals surface area contributed by atoms with Gasteiger partial charge in [0.2, 0.25) is 0 Å². The van der Waals surface area contributed by atoms with Crippen LogP contribution in [-0.4, -0.2) is 72.3 Å². The van der Waals surface area contributed by atoms with Crippen LogP contribution in [0, 0.1) is 6.92 Å². The Labute approximate surface area is 187 Å². The van der Waals surface area contributed by atoms with Crippen LogP contribution in [0.3, 0.4) is 0 Å². The van der Waals surface area contributed by atoms with E-state index in [9.17, 15) is 13.2 Å². The third-order valence-electron chi connectivity index (χ3n) is 5.95. The minimum Gasteiger partial charge on any atom is -0.360 e. The number of aromatic nitrogens is 1. The Morgan fingerprint density at radius 1 is 0.968 bits per heavy atom. The van der Waals surface area contributed by atoms with Crippen molar-refractivity contribution in [1.82, 2.24) is 18.7 Å². The van der Waals surface area contributed by atoms with E-state index in [0.29, 0.717) is 53.8 Å². The third kappa shape index (κ3) is 4.50. The molecule has 10 heteroatoms. The first-order valence-electron chi connectivity index (χ1n) is 10.7. The molecule has 168 valence electrons. The summed E-state index contributed by atoms with van der Waals surface area (Å²) in [5.74, 6) is 0.194. The molecule has 0 atom stereocenters. The molecular formula is C21H27ClN4O4S. The number of rotatable bonds is 4. The number of piperazine rings is 1. The SMILES string of the molecule is Cc1onc(-c2ccccc2Cl)c1C(=O)N1CCN(S(=O)(=O)N2CCCCCC2)CC1. The molecule has 2 aliphatic rings. The average molecular weight is 467 g/mol. The van der Waals surface area contributed by atoms with Crippen molar-refractivity contribution >= 4 is 27.7 Å². The van der Waals surface area contributed by atoms with Gasteiger partial charge in [0.05, 0.1) is 5.02 Å². The van der Waals surface area contributed by atoms with E-state index >= 15 is 0 Å². The minimum atomic E-state index is -3.50. The largest absolute Gasteiger partial charge is 0.360 e. The van der Waals surface area contributed by atoms with Crippen LogP contribution in [0.5, 0.6) is 0 Å². The van der Waals surface area contributed by atoms with Gasteiger partial charge in [-0.2, -0.15) is 17.0 Å². The second-order valence-electron chi connectivity index (χ2n) is 7.95. The molecule has 1 aromatic heterocycles. The third-order valence-corrected chi connectivity index (χ3v) is 8.31. The van der Waals surface area contributed by atoms with Crippen LogP contribution in [0.25, 0.3) is 11.3 Å². The summed E-state index contributed by atoms with van der Waals surface area (Å²) >= 11 is 6.30. The van der Waals surface area contributed by atoms with Gasteiger partial charge >= 0.3 is 0 Å². The van der Waals surface area contributed by atoms with Gasteiger partial charge in [0.1, 0.15) is 17.0 Å². The van der Waals surface area contributed by atoms with Crippen LogP contribution in [0.15, 0.2) is 28.8 Å². The fourth-order valence-electron chi connectivity index (χ4n) is 4.18. The van der Waals surface area contributed by atoms with Gasteiger partial charge in [-0.05, 0) is 25.8 Å². The first kappa shape index (κ1) is 22.3. The van der Waals surface area contributed by atoms with Crippen LogP contribution < -0.4 is 0 Å². The second-order valence-corrected chi connectivity index (χ2v) is 10.3. The molecule has 0 unspecified atom stereocenters. The van der Waals surface area contributed by atoms with E-state index < -0.39 is 10.2 Å². The number of amides is 1. The highest BCUT2D eigenvalue weighted by atomic mass is 35.5. The van der Waals surface area contributed by atoms with Crippen molar-refractivity contribution in [2.45, 2.75) is 32.6 Å². The Bertz CT molecular complexity index is 1040. The molecule has 0 saturated carbocycles. The van der Waals surface area contributed by atoms with Crippen molar-refractivity contribution in [3.05, 3.63) is 40.6 Å². The lowest BCUT2D eigenvalue weighted by atomic mass is 10.0. The molecule has 31 heavy (non-hydrogen) atoms. The van der Waals surface area contributed by atoms with E-state index in [4.69, 9.17) is 16.1 Å². The van der Waals surface area contributed by atoms with Gasteiger partial charge in [-0.25, -0.2) is 0 Å². The Hall–Kier alpha value is -1.94. The standard InChI is InChI=1S/C21H27ClN4O4S/c1-16-19(20(23-30-16)17-8-4-5-9-18(17)22)21(27)24-12-14-26(15-13-24)31(28,29)25-10-6-2-3-7-11-25/h4-5,8-9H,2-3,6-7,10-15H2,1H3. The normalized spacial score (nSPS) is 19.4. The first-order valence-corrected chi connectivity index (χ1v) is 12.4. The summed E-state index contributed by atoms with van der Waals surface area (Å²) in [6.07, 6.45) is 3.94. The van der Waals surface area contributed by atoms with Gasteiger partial charge in [0, 0.05) is 44.8 Å². The topological polar surface area (TPSA) is 87.0 Å². The predicted octanol–water partition coefficient (Wildman–Crippen LogP) is 3.18. The van der Waals surface area contributed by atoms with Crippen LogP contribution in [0.1, 0.15) is 41.8 Å². The zero-order valence-corrected chi connectivity index (χ0v) is 19.2. The first-order chi connectivity index (χ1) is 14.9. The molecule has 2 saturated heterocycles. The highest BCUT2D eigenvalue weighted by molar-refractivity contribution is 7.86. The molecule has 1 aromatic carbocycles. The van der Waals surface area contributed by atoms with Crippen LogP contribution in [-0.2, 0) is 10.2 Å². The van der Waals surface area contributed by atoms with Crippen LogP contribution in [0.2, 0.25) is 5.02 Å². The number of aryl methyl sites for hydroxylation is 1. The Morgan fingerprint density at radius 3 is 2.23 bits per heavy atom. The Balaban J connectivity index is 1.48. The van der Waals surface area contributed by atoms with Gasteiger partial charge < -0.3 is 9.42 Å². The van der Waals surface area contributed by atoms with E-state index in [1.54, 1.807) is 28.3 Å². The van der Waals surface area contributed by atoms with E-state index in [1.807, 2.05) is 12.1 Å². The molecule has 4 rings (SSSR count). The summed E-state index contributed by atoms with van der Waals surface area (Å²) in [4.78, 5) is 15.0. The van der Waals surface area contributed by atoms with Crippen LogP contribution in [0.4, 0.5) is 0 Å². The Kier molecular flexibility index (Phi) is 6.66. The summed E-state index contributed by atoms with van der Waals surface area (Å²) in [5.41, 5.74) is 1.41. The molecule has 2 aromatic rings. The quantitative estimate of drug-likeness (QED) is 0.690. The van der Waals surface area contributed by atoms with Crippen molar-refractivity contribution in [3.63, 3.8) is 0 Å². The molecule has 0 radical (unpaired) electrons. The molecule has 3 heterocycles. The number of hydrogen-bond acceptors (Lipinski definition) is 5. The number of carbonyl (C=O) groups excluding carboxylic acids is 1. The van der Waals surface area contributed by atoms with E-state index in [2.05, 4.69) is 5.16 Å². The highest BCUT2D eigenvalue weighted by Gasteiger charge is 2.35. The highest BCUT2D eigenvalue weighted by Crippen LogP contribution is 2.32. The molecule has 2 aliphatic heterocycles. The van der Waals surface area contributed by atoms with E-state index in [-0.39, 0.29) is 19.0 Å². The number of hydrogen-bond donors (Lipinski definition) is 0. The smallest absolute Gasteiger partial charge is 0.282 e. The number of nitrogens with zero attached hydrogens (tertiary/aromatic N) is 4. The van der Waals surface area contributed by atoms with Crippen molar-refractivity contribution in [1.29, 1.82) is 0 Å².